The maximum Gasteiger partial charge on any atom is 0.245 e. The van der Waals surface area contributed by atoms with Crippen molar-refractivity contribution in [1.29, 1.82) is 0 Å². The zero-order chi connectivity index (χ0) is 19.6. The van der Waals surface area contributed by atoms with Crippen LogP contribution in [0.25, 0.3) is 0 Å². The highest BCUT2D eigenvalue weighted by Gasteiger charge is 2.37. The fraction of sp³-hybridized carbons (Fsp3) is 0.211. The predicted octanol–water partition coefficient (Wildman–Crippen LogP) is 3.79. The van der Waals surface area contributed by atoms with E-state index in [1.807, 2.05) is 12.1 Å². The summed E-state index contributed by atoms with van der Waals surface area (Å²) in [5.41, 5.74) is 0.682. The van der Waals surface area contributed by atoms with Crippen LogP contribution in [0.3, 0.4) is 0 Å². The molecule has 9 heteroatoms. The number of sulfonamides is 1. The number of nitrogens with one attached hydrogen (secondary N) is 1. The van der Waals surface area contributed by atoms with Crippen molar-refractivity contribution in [3.8, 4) is 0 Å². The molecule has 1 N–H and O–H groups in total. The Balaban J connectivity index is 1.64. The average Bonchev–Trinajstić information content (AvgIpc) is 3.20. The molecule has 1 aliphatic heterocycles. The Morgan fingerprint density at radius 1 is 1.07 bits per heavy atom. The number of hydrogen-bond acceptors (Lipinski definition) is 6. The van der Waals surface area contributed by atoms with Crippen LogP contribution in [0.1, 0.15) is 24.6 Å². The summed E-state index contributed by atoms with van der Waals surface area (Å²) in [6.07, 6.45) is 6.23. The third kappa shape index (κ3) is 3.71. The molecule has 3 aromatic rings. The lowest BCUT2D eigenvalue weighted by molar-refractivity contribution is 0.391. The van der Waals surface area contributed by atoms with Crippen molar-refractivity contribution in [2.24, 2.45) is 0 Å². The first-order valence-corrected chi connectivity index (χ1v) is 10.6. The van der Waals surface area contributed by atoms with Crippen LogP contribution < -0.4 is 5.32 Å². The number of hydrogen-bond donors (Lipinski definition) is 1. The first kappa shape index (κ1) is 18.8. The second kappa shape index (κ2) is 7.83. The SMILES string of the molecule is O=S(=O)(c1ccccc1Cl)N1CCC[C@H]1c1cccc(Nc2cnccn2)n1. The standard InChI is InChI=1S/C19H18ClN5O2S/c20-14-5-1-2-8-17(14)28(26,27)25-12-4-7-16(25)15-6-3-9-18(23-15)24-19-13-21-10-11-22-19/h1-3,5-6,8-11,13,16H,4,7,12H2,(H,22,23,24)/t16-/m0/s1. The van der Waals surface area contributed by atoms with Crippen molar-refractivity contribution < 1.29 is 8.42 Å². The van der Waals surface area contributed by atoms with Crippen molar-refractivity contribution in [3.63, 3.8) is 0 Å². The maximum absolute atomic E-state index is 13.2. The van der Waals surface area contributed by atoms with E-state index in [0.717, 1.165) is 6.42 Å². The molecule has 1 aliphatic rings. The average molecular weight is 416 g/mol. The van der Waals surface area contributed by atoms with E-state index in [2.05, 4.69) is 20.3 Å². The predicted molar refractivity (Wildman–Crippen MR) is 107 cm³/mol. The van der Waals surface area contributed by atoms with Crippen LogP contribution >= 0.6 is 11.6 Å². The van der Waals surface area contributed by atoms with Gasteiger partial charge >= 0.3 is 0 Å². The highest BCUT2D eigenvalue weighted by atomic mass is 35.5. The highest BCUT2D eigenvalue weighted by Crippen LogP contribution is 2.37. The molecule has 1 aromatic carbocycles. The molecule has 0 amide bonds. The number of aromatic nitrogens is 3. The van der Waals surface area contributed by atoms with Crippen molar-refractivity contribution in [2.75, 3.05) is 11.9 Å². The molecule has 4 rings (SSSR count). The molecule has 1 fully saturated rings. The zero-order valence-corrected chi connectivity index (χ0v) is 16.4. The lowest BCUT2D eigenvalue weighted by Crippen LogP contribution is -2.31. The van der Waals surface area contributed by atoms with Gasteiger partial charge in [-0.1, -0.05) is 29.8 Å². The summed E-state index contributed by atoms with van der Waals surface area (Å²) in [6.45, 7) is 0.432. The molecule has 28 heavy (non-hydrogen) atoms. The second-order valence-corrected chi connectivity index (χ2v) is 8.63. The highest BCUT2D eigenvalue weighted by molar-refractivity contribution is 7.89. The van der Waals surface area contributed by atoms with Gasteiger partial charge in [-0.2, -0.15) is 4.31 Å². The van der Waals surface area contributed by atoms with E-state index in [0.29, 0.717) is 30.3 Å². The number of benzene rings is 1. The summed E-state index contributed by atoms with van der Waals surface area (Å²) in [6, 6.07) is 11.7. The molecule has 0 bridgehead atoms. The molecule has 7 nitrogen and oxygen atoms in total. The van der Waals surface area contributed by atoms with Crippen LogP contribution in [0.2, 0.25) is 5.02 Å². The number of halogens is 1. The topological polar surface area (TPSA) is 88.1 Å². The quantitative estimate of drug-likeness (QED) is 0.682. The van der Waals surface area contributed by atoms with Crippen molar-refractivity contribution in [1.82, 2.24) is 19.3 Å². The Labute approximate surface area is 168 Å². The Kier molecular flexibility index (Phi) is 5.25. The molecule has 1 saturated heterocycles. The molecule has 0 spiro atoms. The van der Waals surface area contributed by atoms with E-state index in [4.69, 9.17) is 11.6 Å². The van der Waals surface area contributed by atoms with Gasteiger partial charge in [0.25, 0.3) is 0 Å². The van der Waals surface area contributed by atoms with Crippen LogP contribution in [0.5, 0.6) is 0 Å². The summed E-state index contributed by atoms with van der Waals surface area (Å²) >= 11 is 6.15. The van der Waals surface area contributed by atoms with Gasteiger partial charge < -0.3 is 5.32 Å². The molecule has 0 aliphatic carbocycles. The van der Waals surface area contributed by atoms with Gasteiger partial charge in [0.2, 0.25) is 10.0 Å². The number of nitrogens with zero attached hydrogens (tertiary/aromatic N) is 4. The molecule has 2 aromatic heterocycles. The molecule has 144 valence electrons. The fourth-order valence-electron chi connectivity index (χ4n) is 3.31. The maximum atomic E-state index is 13.2. The van der Waals surface area contributed by atoms with Gasteiger partial charge in [-0.15, -0.1) is 0 Å². The Morgan fingerprint density at radius 3 is 2.71 bits per heavy atom. The van der Waals surface area contributed by atoms with E-state index in [1.165, 1.54) is 10.4 Å². The minimum Gasteiger partial charge on any atom is -0.324 e. The first-order valence-electron chi connectivity index (χ1n) is 8.82. The van der Waals surface area contributed by atoms with E-state index >= 15 is 0 Å². The van der Waals surface area contributed by atoms with Gasteiger partial charge in [0.1, 0.15) is 16.5 Å². The summed E-state index contributed by atoms with van der Waals surface area (Å²) in [5, 5.41) is 3.31. The lowest BCUT2D eigenvalue weighted by Gasteiger charge is -2.24. The second-order valence-electron chi connectivity index (χ2n) is 6.37. The smallest absolute Gasteiger partial charge is 0.245 e. The van der Waals surface area contributed by atoms with Gasteiger partial charge in [0.05, 0.1) is 23.0 Å². The summed E-state index contributed by atoms with van der Waals surface area (Å²) in [5.74, 6) is 1.15. The van der Waals surface area contributed by atoms with E-state index < -0.39 is 10.0 Å². The summed E-state index contributed by atoms with van der Waals surface area (Å²) in [7, 11) is -3.72. The molecular formula is C19H18ClN5O2S. The molecule has 0 saturated carbocycles. The Morgan fingerprint density at radius 2 is 1.93 bits per heavy atom. The van der Waals surface area contributed by atoms with E-state index in [-0.39, 0.29) is 16.0 Å². The molecule has 0 unspecified atom stereocenters. The van der Waals surface area contributed by atoms with Crippen molar-refractivity contribution >= 4 is 33.3 Å². The zero-order valence-electron chi connectivity index (χ0n) is 14.9. The van der Waals surface area contributed by atoms with Crippen LogP contribution in [0.15, 0.2) is 66.0 Å². The minimum atomic E-state index is -3.72. The van der Waals surface area contributed by atoms with Gasteiger partial charge in [-0.25, -0.2) is 18.4 Å². The van der Waals surface area contributed by atoms with Gasteiger partial charge in [0, 0.05) is 18.9 Å². The largest absolute Gasteiger partial charge is 0.324 e. The Bertz CT molecular complexity index is 1080. The van der Waals surface area contributed by atoms with Gasteiger partial charge in [0.15, 0.2) is 0 Å². The molecule has 0 radical (unpaired) electrons. The minimum absolute atomic E-state index is 0.123. The first-order chi connectivity index (χ1) is 13.6. The third-order valence-corrected chi connectivity index (χ3v) is 6.97. The van der Waals surface area contributed by atoms with Gasteiger partial charge in [-0.3, -0.25) is 4.98 Å². The number of rotatable bonds is 5. The normalized spacial score (nSPS) is 17.5. The number of anilines is 2. The summed E-state index contributed by atoms with van der Waals surface area (Å²) < 4.78 is 27.9. The Hall–Kier alpha value is -2.55. The van der Waals surface area contributed by atoms with Gasteiger partial charge in [-0.05, 0) is 37.1 Å². The third-order valence-electron chi connectivity index (χ3n) is 4.56. The van der Waals surface area contributed by atoms with E-state index in [1.54, 1.807) is 42.9 Å². The number of pyridine rings is 1. The van der Waals surface area contributed by atoms with Crippen LogP contribution in [0.4, 0.5) is 11.6 Å². The molecular weight excluding hydrogens is 398 g/mol. The summed E-state index contributed by atoms with van der Waals surface area (Å²) in [4.78, 5) is 12.9. The van der Waals surface area contributed by atoms with Crippen molar-refractivity contribution in [3.05, 3.63) is 71.8 Å². The van der Waals surface area contributed by atoms with Crippen LogP contribution in [-0.2, 0) is 10.0 Å². The lowest BCUT2D eigenvalue weighted by atomic mass is 10.1. The van der Waals surface area contributed by atoms with Crippen molar-refractivity contribution in [2.45, 2.75) is 23.8 Å². The van der Waals surface area contributed by atoms with Crippen LogP contribution in [-0.4, -0.2) is 34.2 Å². The molecule has 3 heterocycles. The monoisotopic (exact) mass is 415 g/mol. The van der Waals surface area contributed by atoms with E-state index in [9.17, 15) is 8.42 Å². The van der Waals surface area contributed by atoms with Crippen LogP contribution in [0, 0.1) is 0 Å². The fourth-order valence-corrected chi connectivity index (χ4v) is 5.47. The molecule has 1 atom stereocenters.